The maximum Gasteiger partial charge on any atom is 0.126 e. The normalized spacial score (nSPS) is 10.4. The van der Waals surface area contributed by atoms with Crippen LogP contribution >= 0.6 is 0 Å². The van der Waals surface area contributed by atoms with Crippen molar-refractivity contribution in [3.8, 4) is 11.5 Å². The van der Waals surface area contributed by atoms with E-state index >= 15 is 0 Å². The molecule has 0 spiro atoms. The zero-order chi connectivity index (χ0) is 17.6. The first-order chi connectivity index (χ1) is 12.1. The van der Waals surface area contributed by atoms with E-state index in [9.17, 15) is 0 Å². The summed E-state index contributed by atoms with van der Waals surface area (Å²) in [5.41, 5.74) is 16.0. The molecule has 0 aromatic heterocycles. The molecule has 0 atom stereocenters. The van der Waals surface area contributed by atoms with E-state index in [0.29, 0.717) is 13.2 Å². The lowest BCUT2D eigenvalue weighted by Crippen LogP contribution is -2.01. The standard InChI is InChI=1S/C21H22N2O2/c1-15-20(24-13-16-5-9-18(22)10-6-16)3-2-4-21(15)25-14-17-7-11-19(23)12-8-17/h2-12H,13-14,22-23H2,1H3. The van der Waals surface area contributed by atoms with Crippen LogP contribution in [0.4, 0.5) is 11.4 Å². The molecule has 0 fully saturated rings. The molecule has 0 heterocycles. The summed E-state index contributed by atoms with van der Waals surface area (Å²) in [5, 5.41) is 0. The van der Waals surface area contributed by atoms with E-state index in [-0.39, 0.29) is 0 Å². The minimum atomic E-state index is 0.489. The molecule has 0 saturated carbocycles. The van der Waals surface area contributed by atoms with Gasteiger partial charge in [0.25, 0.3) is 0 Å². The van der Waals surface area contributed by atoms with Gasteiger partial charge in [0, 0.05) is 16.9 Å². The number of rotatable bonds is 6. The Bertz CT molecular complexity index is 760. The fraction of sp³-hybridized carbons (Fsp3) is 0.143. The van der Waals surface area contributed by atoms with Gasteiger partial charge in [0.05, 0.1) is 0 Å². The van der Waals surface area contributed by atoms with Crippen molar-refractivity contribution in [2.75, 3.05) is 11.5 Å². The minimum absolute atomic E-state index is 0.489. The highest BCUT2D eigenvalue weighted by molar-refractivity contribution is 5.44. The Morgan fingerprint density at radius 2 is 1.04 bits per heavy atom. The quantitative estimate of drug-likeness (QED) is 0.659. The molecule has 3 aromatic carbocycles. The van der Waals surface area contributed by atoms with Crippen LogP contribution in [0.15, 0.2) is 66.7 Å². The van der Waals surface area contributed by atoms with E-state index in [1.54, 1.807) is 0 Å². The van der Waals surface area contributed by atoms with E-state index in [0.717, 1.165) is 39.6 Å². The highest BCUT2D eigenvalue weighted by atomic mass is 16.5. The van der Waals surface area contributed by atoms with E-state index in [1.807, 2.05) is 73.7 Å². The second-order valence-electron chi connectivity index (χ2n) is 5.94. The van der Waals surface area contributed by atoms with Crippen LogP contribution in [0.1, 0.15) is 16.7 Å². The van der Waals surface area contributed by atoms with Gasteiger partial charge in [-0.25, -0.2) is 0 Å². The number of hydrogen-bond donors (Lipinski definition) is 2. The van der Waals surface area contributed by atoms with Gasteiger partial charge >= 0.3 is 0 Å². The molecular weight excluding hydrogens is 312 g/mol. The topological polar surface area (TPSA) is 70.5 Å². The molecule has 0 bridgehead atoms. The van der Waals surface area contributed by atoms with Gasteiger partial charge in [-0.2, -0.15) is 0 Å². The predicted molar refractivity (Wildman–Crippen MR) is 102 cm³/mol. The lowest BCUT2D eigenvalue weighted by atomic mass is 10.2. The van der Waals surface area contributed by atoms with Crippen LogP contribution in [0, 0.1) is 6.92 Å². The summed E-state index contributed by atoms with van der Waals surface area (Å²) >= 11 is 0. The largest absolute Gasteiger partial charge is 0.488 e. The third-order valence-electron chi connectivity index (χ3n) is 3.98. The molecule has 4 heteroatoms. The fourth-order valence-electron chi connectivity index (χ4n) is 2.46. The Kier molecular flexibility index (Phi) is 5.09. The first kappa shape index (κ1) is 16.7. The molecular formula is C21H22N2O2. The zero-order valence-electron chi connectivity index (χ0n) is 14.2. The number of nitrogens with two attached hydrogens (primary N) is 2. The van der Waals surface area contributed by atoms with Crippen LogP contribution in [-0.4, -0.2) is 0 Å². The van der Waals surface area contributed by atoms with Crippen molar-refractivity contribution < 1.29 is 9.47 Å². The van der Waals surface area contributed by atoms with Crippen molar-refractivity contribution in [2.45, 2.75) is 20.1 Å². The summed E-state index contributed by atoms with van der Waals surface area (Å²) in [6.07, 6.45) is 0. The highest BCUT2D eigenvalue weighted by Crippen LogP contribution is 2.28. The summed E-state index contributed by atoms with van der Waals surface area (Å²) < 4.78 is 11.9. The zero-order valence-corrected chi connectivity index (χ0v) is 14.2. The molecule has 0 aliphatic carbocycles. The van der Waals surface area contributed by atoms with Crippen LogP contribution in [0.5, 0.6) is 11.5 Å². The fourth-order valence-corrected chi connectivity index (χ4v) is 2.46. The lowest BCUT2D eigenvalue weighted by Gasteiger charge is -2.14. The summed E-state index contributed by atoms with van der Waals surface area (Å²) in [6.45, 7) is 2.97. The average molecular weight is 334 g/mol. The first-order valence-electron chi connectivity index (χ1n) is 8.16. The lowest BCUT2D eigenvalue weighted by molar-refractivity contribution is 0.286. The molecule has 128 valence electrons. The van der Waals surface area contributed by atoms with Crippen molar-refractivity contribution in [3.05, 3.63) is 83.4 Å². The number of hydrogen-bond acceptors (Lipinski definition) is 4. The summed E-state index contributed by atoms with van der Waals surface area (Å²) in [7, 11) is 0. The van der Waals surface area contributed by atoms with E-state index in [4.69, 9.17) is 20.9 Å². The Hall–Kier alpha value is -3.14. The molecule has 3 aromatic rings. The third-order valence-corrected chi connectivity index (χ3v) is 3.98. The van der Waals surface area contributed by atoms with Gasteiger partial charge in [-0.15, -0.1) is 0 Å². The van der Waals surface area contributed by atoms with Gasteiger partial charge in [-0.1, -0.05) is 30.3 Å². The SMILES string of the molecule is Cc1c(OCc2ccc(N)cc2)cccc1OCc1ccc(N)cc1. The summed E-state index contributed by atoms with van der Waals surface area (Å²) in [4.78, 5) is 0. The van der Waals surface area contributed by atoms with Crippen LogP contribution in [-0.2, 0) is 13.2 Å². The highest BCUT2D eigenvalue weighted by Gasteiger charge is 2.07. The first-order valence-corrected chi connectivity index (χ1v) is 8.16. The molecule has 0 amide bonds. The van der Waals surface area contributed by atoms with Crippen molar-refractivity contribution in [3.63, 3.8) is 0 Å². The number of nitrogen functional groups attached to an aromatic ring is 2. The maximum atomic E-state index is 5.93. The van der Waals surface area contributed by atoms with E-state index in [1.165, 1.54) is 0 Å². The summed E-state index contributed by atoms with van der Waals surface area (Å²) in [6, 6.07) is 21.2. The van der Waals surface area contributed by atoms with Gasteiger partial charge < -0.3 is 20.9 Å². The number of anilines is 2. The second kappa shape index (κ2) is 7.62. The second-order valence-corrected chi connectivity index (χ2v) is 5.94. The molecule has 3 rings (SSSR count). The Labute approximate surface area is 148 Å². The molecule has 25 heavy (non-hydrogen) atoms. The van der Waals surface area contributed by atoms with Crippen LogP contribution < -0.4 is 20.9 Å². The Morgan fingerprint density at radius 3 is 1.44 bits per heavy atom. The van der Waals surface area contributed by atoms with E-state index in [2.05, 4.69) is 0 Å². The van der Waals surface area contributed by atoms with Gasteiger partial charge in [0.15, 0.2) is 0 Å². The predicted octanol–water partition coefficient (Wildman–Crippen LogP) is 4.32. The van der Waals surface area contributed by atoms with Crippen molar-refractivity contribution in [2.24, 2.45) is 0 Å². The van der Waals surface area contributed by atoms with Crippen molar-refractivity contribution in [1.82, 2.24) is 0 Å². The monoisotopic (exact) mass is 334 g/mol. The molecule has 4 N–H and O–H groups in total. The Balaban J connectivity index is 1.64. The molecule has 0 radical (unpaired) electrons. The number of ether oxygens (including phenoxy) is 2. The van der Waals surface area contributed by atoms with Gasteiger partial charge in [0.1, 0.15) is 24.7 Å². The van der Waals surface area contributed by atoms with Crippen molar-refractivity contribution in [1.29, 1.82) is 0 Å². The third kappa shape index (κ3) is 4.44. The van der Waals surface area contributed by atoms with Crippen LogP contribution in [0.3, 0.4) is 0 Å². The van der Waals surface area contributed by atoms with Gasteiger partial charge in [0.2, 0.25) is 0 Å². The van der Waals surface area contributed by atoms with Crippen molar-refractivity contribution >= 4 is 11.4 Å². The molecule has 4 nitrogen and oxygen atoms in total. The van der Waals surface area contributed by atoms with Gasteiger partial charge in [-0.05, 0) is 54.4 Å². The molecule has 0 aliphatic heterocycles. The summed E-state index contributed by atoms with van der Waals surface area (Å²) in [5.74, 6) is 1.62. The molecule has 0 aliphatic rings. The molecule has 0 unspecified atom stereocenters. The average Bonchev–Trinajstić information content (AvgIpc) is 2.62. The smallest absolute Gasteiger partial charge is 0.126 e. The van der Waals surface area contributed by atoms with Crippen LogP contribution in [0.2, 0.25) is 0 Å². The minimum Gasteiger partial charge on any atom is -0.488 e. The Morgan fingerprint density at radius 1 is 0.640 bits per heavy atom. The van der Waals surface area contributed by atoms with E-state index < -0.39 is 0 Å². The maximum absolute atomic E-state index is 5.93. The number of benzene rings is 3. The molecule has 0 saturated heterocycles. The van der Waals surface area contributed by atoms with Crippen LogP contribution in [0.25, 0.3) is 0 Å². The van der Waals surface area contributed by atoms with Gasteiger partial charge in [-0.3, -0.25) is 0 Å².